The van der Waals surface area contributed by atoms with E-state index in [0.717, 1.165) is 35.9 Å². The number of nitrogens with zero attached hydrogens (tertiary/aromatic N) is 3. The lowest BCUT2D eigenvalue weighted by atomic mass is 10.2. The fraction of sp³-hybridized carbons (Fsp3) is 0.538. The predicted octanol–water partition coefficient (Wildman–Crippen LogP) is 1.77. The summed E-state index contributed by atoms with van der Waals surface area (Å²) >= 11 is 0. The van der Waals surface area contributed by atoms with E-state index in [4.69, 9.17) is 0 Å². The lowest BCUT2D eigenvalue weighted by Crippen LogP contribution is -2.19. The van der Waals surface area contributed by atoms with Gasteiger partial charge in [-0.2, -0.15) is 0 Å². The van der Waals surface area contributed by atoms with E-state index in [2.05, 4.69) is 34.1 Å². The van der Waals surface area contributed by atoms with Gasteiger partial charge in [0.25, 0.3) is 0 Å². The molecule has 98 valence electrons. The van der Waals surface area contributed by atoms with Gasteiger partial charge in [0, 0.05) is 14.1 Å². The molecule has 2 aromatic heterocycles. The van der Waals surface area contributed by atoms with Crippen molar-refractivity contribution >= 4 is 17.0 Å². The first-order chi connectivity index (χ1) is 8.56. The SMILES string of the molecule is CC(C)CNCc1nc2nc(N(C)C)ccc2[nH]1. The molecule has 0 aliphatic heterocycles. The van der Waals surface area contributed by atoms with Crippen LogP contribution >= 0.6 is 0 Å². The number of H-pyrrole nitrogens is 1. The van der Waals surface area contributed by atoms with E-state index in [1.54, 1.807) is 0 Å². The third kappa shape index (κ3) is 2.98. The van der Waals surface area contributed by atoms with Gasteiger partial charge >= 0.3 is 0 Å². The Balaban J connectivity index is 2.12. The van der Waals surface area contributed by atoms with Crippen molar-refractivity contribution in [3.8, 4) is 0 Å². The first-order valence-corrected chi connectivity index (χ1v) is 6.30. The summed E-state index contributed by atoms with van der Waals surface area (Å²) < 4.78 is 0. The van der Waals surface area contributed by atoms with Crippen molar-refractivity contribution < 1.29 is 0 Å². The summed E-state index contributed by atoms with van der Waals surface area (Å²) in [4.78, 5) is 14.2. The molecule has 0 saturated heterocycles. The second kappa shape index (κ2) is 5.35. The average Bonchev–Trinajstić information content (AvgIpc) is 2.69. The van der Waals surface area contributed by atoms with E-state index in [1.807, 2.05) is 31.1 Å². The topological polar surface area (TPSA) is 56.8 Å². The van der Waals surface area contributed by atoms with Crippen LogP contribution in [0.15, 0.2) is 12.1 Å². The molecule has 2 aromatic rings. The van der Waals surface area contributed by atoms with Crippen LogP contribution < -0.4 is 10.2 Å². The number of pyridine rings is 1. The Kier molecular flexibility index (Phi) is 3.81. The number of nitrogens with one attached hydrogen (secondary N) is 2. The first kappa shape index (κ1) is 12.8. The van der Waals surface area contributed by atoms with Crippen molar-refractivity contribution in [2.45, 2.75) is 20.4 Å². The van der Waals surface area contributed by atoms with E-state index in [1.165, 1.54) is 0 Å². The monoisotopic (exact) mass is 247 g/mol. The van der Waals surface area contributed by atoms with E-state index < -0.39 is 0 Å². The highest BCUT2D eigenvalue weighted by Crippen LogP contribution is 2.14. The fourth-order valence-electron chi connectivity index (χ4n) is 1.74. The molecule has 0 aromatic carbocycles. The Bertz CT molecular complexity index is 515. The standard InChI is InChI=1S/C13H21N5/c1-9(2)7-14-8-11-15-10-5-6-12(18(3)4)17-13(10)16-11/h5-6,9,14H,7-8H2,1-4H3,(H,15,16,17). The van der Waals surface area contributed by atoms with Crippen LogP contribution in [0.1, 0.15) is 19.7 Å². The zero-order chi connectivity index (χ0) is 13.1. The molecule has 0 fully saturated rings. The minimum atomic E-state index is 0.646. The van der Waals surface area contributed by atoms with Gasteiger partial charge in [-0.05, 0) is 24.6 Å². The first-order valence-electron chi connectivity index (χ1n) is 6.30. The molecule has 0 spiro atoms. The van der Waals surface area contributed by atoms with Crippen LogP contribution in [-0.2, 0) is 6.54 Å². The summed E-state index contributed by atoms with van der Waals surface area (Å²) in [5.41, 5.74) is 1.77. The fourth-order valence-corrected chi connectivity index (χ4v) is 1.74. The van der Waals surface area contributed by atoms with Crippen molar-refractivity contribution in [3.05, 3.63) is 18.0 Å². The second-order valence-electron chi connectivity index (χ2n) is 5.14. The van der Waals surface area contributed by atoms with E-state index in [9.17, 15) is 0 Å². The van der Waals surface area contributed by atoms with E-state index in [-0.39, 0.29) is 0 Å². The van der Waals surface area contributed by atoms with Crippen LogP contribution in [0.3, 0.4) is 0 Å². The van der Waals surface area contributed by atoms with Gasteiger partial charge in [-0.25, -0.2) is 9.97 Å². The maximum atomic E-state index is 4.50. The predicted molar refractivity (Wildman–Crippen MR) is 74.8 cm³/mol. The number of aromatic nitrogens is 3. The van der Waals surface area contributed by atoms with Crippen molar-refractivity contribution in [3.63, 3.8) is 0 Å². The maximum absolute atomic E-state index is 4.50. The largest absolute Gasteiger partial charge is 0.363 e. The quantitative estimate of drug-likeness (QED) is 0.845. The smallest absolute Gasteiger partial charge is 0.179 e. The van der Waals surface area contributed by atoms with Crippen LogP contribution in [0.25, 0.3) is 11.2 Å². The zero-order valence-electron chi connectivity index (χ0n) is 11.5. The van der Waals surface area contributed by atoms with Gasteiger partial charge in [-0.15, -0.1) is 0 Å². The van der Waals surface area contributed by atoms with E-state index in [0.29, 0.717) is 5.92 Å². The average molecular weight is 247 g/mol. The molecule has 0 bridgehead atoms. The molecule has 2 N–H and O–H groups in total. The molecule has 0 amide bonds. The molecular weight excluding hydrogens is 226 g/mol. The molecule has 0 radical (unpaired) electrons. The van der Waals surface area contributed by atoms with Crippen LogP contribution in [0.5, 0.6) is 0 Å². The van der Waals surface area contributed by atoms with Crippen molar-refractivity contribution in [2.75, 3.05) is 25.5 Å². The Morgan fingerprint density at radius 1 is 1.28 bits per heavy atom. The van der Waals surface area contributed by atoms with Crippen molar-refractivity contribution in [1.82, 2.24) is 20.3 Å². The summed E-state index contributed by atoms with van der Waals surface area (Å²) in [6, 6.07) is 4.02. The molecule has 2 heterocycles. The highest BCUT2D eigenvalue weighted by Gasteiger charge is 2.06. The summed E-state index contributed by atoms with van der Waals surface area (Å²) in [5.74, 6) is 2.51. The molecule has 5 nitrogen and oxygen atoms in total. The minimum Gasteiger partial charge on any atom is -0.363 e. The number of aromatic amines is 1. The van der Waals surface area contributed by atoms with Crippen LogP contribution in [-0.4, -0.2) is 35.6 Å². The van der Waals surface area contributed by atoms with Gasteiger partial charge in [0.15, 0.2) is 5.65 Å². The molecule has 18 heavy (non-hydrogen) atoms. The normalized spacial score (nSPS) is 11.4. The number of anilines is 1. The molecule has 0 unspecified atom stereocenters. The van der Waals surface area contributed by atoms with Gasteiger partial charge in [0.1, 0.15) is 11.6 Å². The van der Waals surface area contributed by atoms with Gasteiger partial charge in [0.05, 0.1) is 12.1 Å². The Hall–Kier alpha value is -1.62. The number of imidazole rings is 1. The number of hydrogen-bond donors (Lipinski definition) is 2. The Morgan fingerprint density at radius 3 is 2.72 bits per heavy atom. The maximum Gasteiger partial charge on any atom is 0.179 e. The van der Waals surface area contributed by atoms with Gasteiger partial charge in [-0.3, -0.25) is 0 Å². The van der Waals surface area contributed by atoms with Gasteiger partial charge in [0.2, 0.25) is 0 Å². The molecular formula is C13H21N5. The second-order valence-corrected chi connectivity index (χ2v) is 5.14. The summed E-state index contributed by atoms with van der Waals surface area (Å²) in [7, 11) is 3.96. The summed E-state index contributed by atoms with van der Waals surface area (Å²) in [6.07, 6.45) is 0. The highest BCUT2D eigenvalue weighted by atomic mass is 15.2. The van der Waals surface area contributed by atoms with Crippen molar-refractivity contribution in [1.29, 1.82) is 0 Å². The molecule has 0 atom stereocenters. The highest BCUT2D eigenvalue weighted by molar-refractivity contribution is 5.73. The summed E-state index contributed by atoms with van der Waals surface area (Å²) in [6.45, 7) is 6.13. The third-order valence-electron chi connectivity index (χ3n) is 2.68. The van der Waals surface area contributed by atoms with Crippen LogP contribution in [0, 0.1) is 5.92 Å². The third-order valence-corrected chi connectivity index (χ3v) is 2.68. The number of hydrogen-bond acceptors (Lipinski definition) is 4. The lowest BCUT2D eigenvalue weighted by Gasteiger charge is -2.09. The molecule has 5 heteroatoms. The molecule has 0 aliphatic rings. The van der Waals surface area contributed by atoms with Gasteiger partial charge in [-0.1, -0.05) is 13.8 Å². The van der Waals surface area contributed by atoms with Crippen LogP contribution in [0.4, 0.5) is 5.82 Å². The van der Waals surface area contributed by atoms with Crippen LogP contribution in [0.2, 0.25) is 0 Å². The number of fused-ring (bicyclic) bond motifs is 1. The summed E-state index contributed by atoms with van der Waals surface area (Å²) in [5, 5.41) is 3.37. The van der Waals surface area contributed by atoms with E-state index >= 15 is 0 Å². The zero-order valence-corrected chi connectivity index (χ0v) is 11.5. The molecule has 0 saturated carbocycles. The molecule has 2 rings (SSSR count). The van der Waals surface area contributed by atoms with Crippen molar-refractivity contribution in [2.24, 2.45) is 5.92 Å². The molecule has 0 aliphatic carbocycles. The Labute approximate surface area is 108 Å². The Morgan fingerprint density at radius 2 is 2.06 bits per heavy atom. The van der Waals surface area contributed by atoms with Gasteiger partial charge < -0.3 is 15.2 Å². The lowest BCUT2D eigenvalue weighted by molar-refractivity contribution is 0.545. The minimum absolute atomic E-state index is 0.646. The number of rotatable bonds is 5.